The van der Waals surface area contributed by atoms with Crippen molar-refractivity contribution in [1.82, 2.24) is 14.3 Å². The van der Waals surface area contributed by atoms with Gasteiger partial charge in [-0.05, 0) is 43.2 Å². The molecule has 0 radical (unpaired) electrons. The van der Waals surface area contributed by atoms with E-state index in [0.717, 1.165) is 44.6 Å². The summed E-state index contributed by atoms with van der Waals surface area (Å²) in [5.74, 6) is 0.488. The highest BCUT2D eigenvalue weighted by Crippen LogP contribution is 2.34. The average Bonchev–Trinajstić information content (AvgIpc) is 3.17. The van der Waals surface area contributed by atoms with E-state index < -0.39 is 0 Å². The maximum atomic E-state index is 13.7. The van der Waals surface area contributed by atoms with E-state index in [-0.39, 0.29) is 11.5 Å². The largest absolute Gasteiger partial charge is 0.368 e. The zero-order chi connectivity index (χ0) is 25.2. The fraction of sp³-hybridized carbons (Fsp3) is 0.333. The molecule has 1 aromatic carbocycles. The Bertz CT molecular complexity index is 1390. The number of piperazine rings is 1. The molecule has 0 saturated carbocycles. The predicted molar refractivity (Wildman–Crippen MR) is 152 cm³/mol. The lowest BCUT2D eigenvalue weighted by Crippen LogP contribution is -2.47. The van der Waals surface area contributed by atoms with Gasteiger partial charge in [-0.3, -0.25) is 18.9 Å². The minimum absolute atomic E-state index is 0.132. The lowest BCUT2D eigenvalue weighted by Gasteiger charge is -2.37. The normalized spacial score (nSPS) is 17.6. The molecule has 7 nitrogen and oxygen atoms in total. The number of nitrogens with zero attached hydrogens (tertiary/aromatic N) is 5. The van der Waals surface area contributed by atoms with E-state index in [1.54, 1.807) is 21.6 Å². The Morgan fingerprint density at radius 3 is 2.47 bits per heavy atom. The Morgan fingerprint density at radius 1 is 1.03 bits per heavy atom. The molecular formula is C27H29N5O2S2. The third kappa shape index (κ3) is 4.77. The number of unbranched alkanes of at least 4 members (excludes halogenated alkanes) is 1. The number of carbonyl (C=O) groups excluding carboxylic acids is 1. The highest BCUT2D eigenvalue weighted by Gasteiger charge is 2.32. The average molecular weight is 520 g/mol. The second-order valence-electron chi connectivity index (χ2n) is 9.09. The summed E-state index contributed by atoms with van der Waals surface area (Å²) < 4.78 is 2.12. The second-order valence-corrected chi connectivity index (χ2v) is 10.8. The van der Waals surface area contributed by atoms with Gasteiger partial charge in [-0.25, -0.2) is 4.98 Å². The standard InChI is InChI=1S/C27H29N5O2S2/c1-3-4-12-31-26(34)22(36-27(31)35)17-21-24(28-23-11-10-19(2)18-32(23)25(21)33)30-15-13-29(14-16-30)20-8-6-5-7-9-20/h5-11,17-18H,3-4,12-16H2,1-2H3/b22-17-. The fourth-order valence-electron chi connectivity index (χ4n) is 4.57. The topological polar surface area (TPSA) is 61.2 Å². The molecule has 0 N–H and O–H groups in total. The Morgan fingerprint density at radius 2 is 1.75 bits per heavy atom. The number of benzene rings is 1. The van der Waals surface area contributed by atoms with Gasteiger partial charge < -0.3 is 9.80 Å². The summed E-state index contributed by atoms with van der Waals surface area (Å²) in [4.78, 5) is 38.4. The summed E-state index contributed by atoms with van der Waals surface area (Å²) in [6, 6.07) is 14.2. The monoisotopic (exact) mass is 519 g/mol. The van der Waals surface area contributed by atoms with Gasteiger partial charge >= 0.3 is 0 Å². The Kier molecular flexibility index (Phi) is 7.11. The van der Waals surface area contributed by atoms with E-state index >= 15 is 0 Å². The van der Waals surface area contributed by atoms with Crippen LogP contribution in [0.1, 0.15) is 30.9 Å². The van der Waals surface area contributed by atoms with Crippen LogP contribution >= 0.6 is 24.0 Å². The predicted octanol–water partition coefficient (Wildman–Crippen LogP) is 4.33. The van der Waals surface area contributed by atoms with E-state index in [4.69, 9.17) is 17.2 Å². The van der Waals surface area contributed by atoms with Crippen LogP contribution in [0.4, 0.5) is 11.5 Å². The number of aromatic nitrogens is 2. The van der Waals surface area contributed by atoms with Crippen LogP contribution in [-0.2, 0) is 4.79 Å². The number of carbonyl (C=O) groups is 1. The number of aryl methyl sites for hydroxylation is 1. The first-order valence-corrected chi connectivity index (χ1v) is 13.5. The number of hydrogen-bond acceptors (Lipinski definition) is 7. The van der Waals surface area contributed by atoms with Gasteiger partial charge in [-0.15, -0.1) is 0 Å². The molecular weight excluding hydrogens is 490 g/mol. The smallest absolute Gasteiger partial charge is 0.267 e. The van der Waals surface area contributed by atoms with Gasteiger partial charge in [0.1, 0.15) is 15.8 Å². The SMILES string of the molecule is CCCCN1C(=O)/C(=C/c2c(N3CCN(c4ccccc4)CC3)nc3ccc(C)cn3c2=O)SC1=S. The molecule has 2 aromatic heterocycles. The number of thiocarbonyl (C=S) groups is 1. The van der Waals surface area contributed by atoms with Crippen LogP contribution in [0.15, 0.2) is 58.4 Å². The van der Waals surface area contributed by atoms with Gasteiger partial charge in [0.05, 0.1) is 10.5 Å². The lowest BCUT2D eigenvalue weighted by molar-refractivity contribution is -0.122. The van der Waals surface area contributed by atoms with Gasteiger partial charge in [0, 0.05) is 44.6 Å². The quantitative estimate of drug-likeness (QED) is 0.355. The number of para-hydroxylation sites is 1. The van der Waals surface area contributed by atoms with Gasteiger partial charge in [0.15, 0.2) is 0 Å². The number of amides is 1. The molecule has 36 heavy (non-hydrogen) atoms. The molecule has 186 valence electrons. The molecule has 0 bridgehead atoms. The molecule has 0 spiro atoms. The van der Waals surface area contributed by atoms with Crippen molar-refractivity contribution >= 4 is 57.4 Å². The van der Waals surface area contributed by atoms with Gasteiger partial charge in [-0.1, -0.05) is 61.6 Å². The molecule has 9 heteroatoms. The summed E-state index contributed by atoms with van der Waals surface area (Å²) in [7, 11) is 0. The van der Waals surface area contributed by atoms with Crippen molar-refractivity contribution in [2.75, 3.05) is 42.5 Å². The molecule has 2 fully saturated rings. The molecule has 2 saturated heterocycles. The molecule has 4 heterocycles. The maximum absolute atomic E-state index is 13.7. The van der Waals surface area contributed by atoms with Crippen molar-refractivity contribution in [3.63, 3.8) is 0 Å². The summed E-state index contributed by atoms with van der Waals surface area (Å²) in [5, 5.41) is 0. The highest BCUT2D eigenvalue weighted by atomic mass is 32.2. The molecule has 2 aliphatic heterocycles. The fourth-order valence-corrected chi connectivity index (χ4v) is 5.86. The van der Waals surface area contributed by atoms with Gasteiger partial charge in [0.25, 0.3) is 11.5 Å². The lowest BCUT2D eigenvalue weighted by atomic mass is 10.2. The van der Waals surface area contributed by atoms with Crippen molar-refractivity contribution in [2.45, 2.75) is 26.7 Å². The first-order chi connectivity index (χ1) is 17.5. The summed E-state index contributed by atoms with van der Waals surface area (Å²) in [6.45, 7) is 7.71. The van der Waals surface area contributed by atoms with Crippen LogP contribution in [-0.4, -0.2) is 57.2 Å². The number of thioether (sulfide) groups is 1. The van der Waals surface area contributed by atoms with Crippen LogP contribution in [0.25, 0.3) is 11.7 Å². The summed E-state index contributed by atoms with van der Waals surface area (Å²) in [5.41, 5.74) is 3.01. The van der Waals surface area contributed by atoms with Gasteiger partial charge in [-0.2, -0.15) is 0 Å². The molecule has 1 amide bonds. The molecule has 0 unspecified atom stereocenters. The summed E-state index contributed by atoms with van der Waals surface area (Å²) in [6.07, 6.45) is 5.36. The van der Waals surface area contributed by atoms with Crippen LogP contribution in [0.5, 0.6) is 0 Å². The molecule has 5 rings (SSSR count). The van der Waals surface area contributed by atoms with Crippen LogP contribution in [0.3, 0.4) is 0 Å². The Balaban J connectivity index is 1.52. The molecule has 2 aliphatic rings. The van der Waals surface area contributed by atoms with Gasteiger partial charge in [0.2, 0.25) is 0 Å². The highest BCUT2D eigenvalue weighted by molar-refractivity contribution is 8.26. The number of rotatable bonds is 6. The van der Waals surface area contributed by atoms with Crippen LogP contribution in [0.2, 0.25) is 0 Å². The minimum atomic E-state index is -0.178. The minimum Gasteiger partial charge on any atom is -0.368 e. The van der Waals surface area contributed by atoms with Crippen molar-refractivity contribution in [3.8, 4) is 0 Å². The zero-order valence-corrected chi connectivity index (χ0v) is 22.1. The van der Waals surface area contributed by atoms with Crippen molar-refractivity contribution < 1.29 is 4.79 Å². The zero-order valence-electron chi connectivity index (χ0n) is 20.5. The van der Waals surface area contributed by atoms with E-state index in [0.29, 0.717) is 32.8 Å². The maximum Gasteiger partial charge on any atom is 0.267 e. The van der Waals surface area contributed by atoms with E-state index in [1.165, 1.54) is 17.4 Å². The third-order valence-corrected chi connectivity index (χ3v) is 7.95. The molecule has 0 atom stereocenters. The molecule has 0 aliphatic carbocycles. The summed E-state index contributed by atoms with van der Waals surface area (Å²) >= 11 is 6.74. The van der Waals surface area contributed by atoms with Crippen LogP contribution < -0.4 is 15.4 Å². The van der Waals surface area contributed by atoms with E-state index in [2.05, 4.69) is 28.9 Å². The van der Waals surface area contributed by atoms with Crippen molar-refractivity contribution in [3.05, 3.63) is 75.0 Å². The third-order valence-electron chi connectivity index (χ3n) is 6.57. The molecule has 3 aromatic rings. The van der Waals surface area contributed by atoms with Crippen LogP contribution in [0, 0.1) is 6.92 Å². The number of hydrogen-bond donors (Lipinski definition) is 0. The number of fused-ring (bicyclic) bond motifs is 1. The van der Waals surface area contributed by atoms with E-state index in [1.807, 2.05) is 37.3 Å². The van der Waals surface area contributed by atoms with Crippen molar-refractivity contribution in [1.29, 1.82) is 0 Å². The Hall–Kier alpha value is -3.17. The van der Waals surface area contributed by atoms with Crippen molar-refractivity contribution in [2.24, 2.45) is 0 Å². The van der Waals surface area contributed by atoms with E-state index in [9.17, 15) is 9.59 Å². The number of anilines is 2. The first-order valence-electron chi connectivity index (χ1n) is 12.3. The second kappa shape index (κ2) is 10.4. The first kappa shape index (κ1) is 24.5. The number of pyridine rings is 1. The Labute approximate surface area is 220 Å².